The summed E-state index contributed by atoms with van der Waals surface area (Å²) in [4.78, 5) is 20.2. The first-order valence-corrected chi connectivity index (χ1v) is 13.6. The molecule has 1 aliphatic heterocycles. The lowest BCUT2D eigenvalue weighted by atomic mass is 9.71. The van der Waals surface area contributed by atoms with E-state index in [1.807, 2.05) is 19.0 Å². The Balaban J connectivity index is 1.43. The second-order valence-electron chi connectivity index (χ2n) is 10.9. The Bertz CT molecular complexity index is 1360. The number of fused-ring (bicyclic) bond motifs is 1. The van der Waals surface area contributed by atoms with Gasteiger partial charge in [-0.1, -0.05) is 0 Å². The molecule has 0 radical (unpaired) electrons. The van der Waals surface area contributed by atoms with Gasteiger partial charge in [-0.05, 0) is 62.4 Å². The van der Waals surface area contributed by atoms with E-state index < -0.39 is 35.0 Å². The van der Waals surface area contributed by atoms with Crippen LogP contribution in [0.25, 0.3) is 10.9 Å². The van der Waals surface area contributed by atoms with Crippen LogP contribution >= 0.6 is 0 Å². The van der Waals surface area contributed by atoms with E-state index in [0.29, 0.717) is 78.9 Å². The van der Waals surface area contributed by atoms with Crippen molar-refractivity contribution in [3.63, 3.8) is 0 Å². The average molecular weight is 577 g/mol. The summed E-state index contributed by atoms with van der Waals surface area (Å²) in [7, 11) is 5.21. The van der Waals surface area contributed by atoms with Crippen molar-refractivity contribution < 1.29 is 32.2 Å². The maximum absolute atomic E-state index is 16.1. The number of aromatic nitrogens is 1. The molecule has 11 heteroatoms. The van der Waals surface area contributed by atoms with Crippen LogP contribution in [0.1, 0.15) is 43.8 Å². The molecule has 1 unspecified atom stereocenters. The fourth-order valence-electron chi connectivity index (χ4n) is 5.71. The van der Waals surface area contributed by atoms with Crippen molar-refractivity contribution in [2.24, 2.45) is 5.41 Å². The number of pyridine rings is 1. The van der Waals surface area contributed by atoms with Crippen LogP contribution in [-0.4, -0.2) is 68.3 Å². The van der Waals surface area contributed by atoms with Gasteiger partial charge in [0, 0.05) is 50.3 Å². The van der Waals surface area contributed by atoms with E-state index in [4.69, 9.17) is 4.74 Å². The molecule has 1 aliphatic rings. The zero-order valence-electron chi connectivity index (χ0n) is 23.5. The lowest BCUT2D eigenvalue weighted by Crippen LogP contribution is -2.43. The molecule has 1 aromatic heterocycles. The number of carbonyl (C=O) groups is 1. The number of piperidine rings is 1. The molecule has 41 heavy (non-hydrogen) atoms. The van der Waals surface area contributed by atoms with Gasteiger partial charge in [0.25, 0.3) is 0 Å². The van der Waals surface area contributed by atoms with E-state index >= 15 is 4.39 Å². The van der Waals surface area contributed by atoms with Gasteiger partial charge in [0.15, 0.2) is 11.6 Å². The Hall–Kier alpha value is -3.60. The molecule has 1 atom stereocenters. The average Bonchev–Trinajstić information content (AvgIpc) is 2.92. The van der Waals surface area contributed by atoms with E-state index in [2.05, 4.69) is 15.2 Å². The van der Waals surface area contributed by atoms with Crippen LogP contribution in [0.2, 0.25) is 0 Å². The van der Waals surface area contributed by atoms with Crippen molar-refractivity contribution in [2.45, 2.75) is 38.3 Å². The number of anilines is 2. The Kier molecular flexibility index (Phi) is 9.57. The van der Waals surface area contributed by atoms with Crippen molar-refractivity contribution >= 4 is 28.2 Å². The molecule has 0 aliphatic carbocycles. The fraction of sp³-hybridized carbons (Fsp3) is 0.467. The molecular formula is C30H36F4N4O3. The normalized spacial score (nSPS) is 16.0. The van der Waals surface area contributed by atoms with Crippen molar-refractivity contribution in [1.29, 1.82) is 0 Å². The number of nitrogens with one attached hydrogen (secondary N) is 1. The number of halogens is 4. The Morgan fingerprint density at radius 1 is 1.17 bits per heavy atom. The quantitative estimate of drug-likeness (QED) is 0.249. The van der Waals surface area contributed by atoms with Crippen molar-refractivity contribution in [1.82, 2.24) is 9.88 Å². The molecule has 1 fully saturated rings. The fourth-order valence-corrected chi connectivity index (χ4v) is 5.71. The number of methoxy groups -OCH3 is 1. The molecule has 0 spiro atoms. The minimum absolute atomic E-state index is 0.0662. The second kappa shape index (κ2) is 12.9. The topological polar surface area (TPSA) is 77.9 Å². The predicted molar refractivity (Wildman–Crippen MR) is 151 cm³/mol. The summed E-state index contributed by atoms with van der Waals surface area (Å²) in [5, 5.41) is 13.0. The lowest BCUT2D eigenvalue weighted by Gasteiger charge is -2.41. The highest BCUT2D eigenvalue weighted by atomic mass is 19.1. The first kappa shape index (κ1) is 30.4. The van der Waals surface area contributed by atoms with Crippen molar-refractivity contribution in [3.8, 4) is 5.75 Å². The van der Waals surface area contributed by atoms with E-state index in [1.54, 1.807) is 31.5 Å². The number of hydrogen-bond acceptors (Lipinski definition) is 6. The van der Waals surface area contributed by atoms with Gasteiger partial charge in [-0.15, -0.1) is 0 Å². The summed E-state index contributed by atoms with van der Waals surface area (Å²) in [6, 6.07) is 6.59. The highest BCUT2D eigenvalue weighted by Crippen LogP contribution is 2.44. The van der Waals surface area contributed by atoms with Gasteiger partial charge >= 0.3 is 5.97 Å². The van der Waals surface area contributed by atoms with Crippen LogP contribution in [0.3, 0.4) is 0 Å². The van der Waals surface area contributed by atoms with Gasteiger partial charge < -0.3 is 25.0 Å². The van der Waals surface area contributed by atoms with Crippen LogP contribution in [0.4, 0.5) is 28.9 Å². The number of likely N-dealkylation sites (tertiary alicyclic amines) is 1. The molecule has 0 bridgehead atoms. The third kappa shape index (κ3) is 7.19. The number of hydrogen-bond donors (Lipinski definition) is 2. The molecular weight excluding hydrogens is 540 g/mol. The lowest BCUT2D eigenvalue weighted by molar-refractivity contribution is -0.141. The molecule has 0 saturated carbocycles. The Labute approximate surface area is 237 Å². The smallest absolute Gasteiger partial charge is 0.303 e. The summed E-state index contributed by atoms with van der Waals surface area (Å²) in [5.41, 5.74) is 0.858. The van der Waals surface area contributed by atoms with Crippen molar-refractivity contribution in [2.75, 3.05) is 57.6 Å². The van der Waals surface area contributed by atoms with E-state index in [1.165, 1.54) is 0 Å². The maximum Gasteiger partial charge on any atom is 0.303 e. The molecule has 3 aromatic rings. The highest BCUT2D eigenvalue weighted by Gasteiger charge is 2.37. The SMILES string of the molecule is COc1ccc2ncc(N(C)C)c(C(F)CCC3(CC(=O)O)CCN(CCNc4c(F)cc(F)cc4F)CC3)c2c1. The predicted octanol–water partition coefficient (Wildman–Crippen LogP) is 6.19. The summed E-state index contributed by atoms with van der Waals surface area (Å²) in [6.45, 7) is 1.82. The monoisotopic (exact) mass is 576 g/mol. The molecule has 222 valence electrons. The van der Waals surface area contributed by atoms with Gasteiger partial charge in [-0.3, -0.25) is 9.78 Å². The van der Waals surface area contributed by atoms with Crippen LogP contribution in [-0.2, 0) is 4.79 Å². The number of carboxylic acids is 1. The van der Waals surface area contributed by atoms with Gasteiger partial charge in [0.05, 0.1) is 30.9 Å². The molecule has 7 nitrogen and oxygen atoms in total. The molecule has 2 N–H and O–H groups in total. The number of aliphatic carboxylic acids is 1. The Morgan fingerprint density at radius 2 is 1.85 bits per heavy atom. The van der Waals surface area contributed by atoms with Gasteiger partial charge in [-0.25, -0.2) is 17.6 Å². The third-order valence-electron chi connectivity index (χ3n) is 8.00. The zero-order valence-corrected chi connectivity index (χ0v) is 23.5. The summed E-state index contributed by atoms with van der Waals surface area (Å²) >= 11 is 0. The minimum Gasteiger partial charge on any atom is -0.497 e. The minimum atomic E-state index is -1.35. The van der Waals surface area contributed by atoms with Gasteiger partial charge in [0.2, 0.25) is 0 Å². The summed E-state index contributed by atoms with van der Waals surface area (Å²) in [5.74, 6) is -3.31. The molecule has 0 amide bonds. The highest BCUT2D eigenvalue weighted by molar-refractivity contribution is 5.88. The van der Waals surface area contributed by atoms with Gasteiger partial charge in [0.1, 0.15) is 23.4 Å². The van der Waals surface area contributed by atoms with Crippen LogP contribution in [0.15, 0.2) is 36.5 Å². The molecule has 1 saturated heterocycles. The summed E-state index contributed by atoms with van der Waals surface area (Å²) < 4.78 is 62.5. The summed E-state index contributed by atoms with van der Waals surface area (Å²) in [6.07, 6.45) is 1.88. The zero-order chi connectivity index (χ0) is 29.7. The number of benzene rings is 2. The number of carboxylic acid groups (broad SMARTS) is 1. The second-order valence-corrected chi connectivity index (χ2v) is 10.9. The number of alkyl halides is 1. The van der Waals surface area contributed by atoms with Crippen LogP contribution in [0.5, 0.6) is 5.75 Å². The van der Waals surface area contributed by atoms with Crippen molar-refractivity contribution in [3.05, 3.63) is 59.5 Å². The molecule has 2 heterocycles. The molecule has 2 aromatic carbocycles. The first-order chi connectivity index (χ1) is 19.5. The Morgan fingerprint density at radius 3 is 2.46 bits per heavy atom. The standard InChI is InChI=1S/C30H36F4N4O3/c1-37(2)26-18-36-25-5-4-20(41-3)16-21(25)28(26)22(32)6-7-30(17-27(39)40)8-11-38(12-9-30)13-10-35-29-23(33)14-19(31)15-24(29)34/h4-5,14-16,18,22,35H,6-13,17H2,1-3H3,(H,39,40). The van der Waals surface area contributed by atoms with Crippen LogP contribution in [0, 0.1) is 22.9 Å². The number of rotatable bonds is 12. The van der Waals surface area contributed by atoms with E-state index in [0.717, 1.165) is 0 Å². The molecule has 4 rings (SSSR count). The van der Waals surface area contributed by atoms with E-state index in [-0.39, 0.29) is 25.1 Å². The van der Waals surface area contributed by atoms with Gasteiger partial charge in [-0.2, -0.15) is 0 Å². The van der Waals surface area contributed by atoms with Crippen LogP contribution < -0.4 is 15.0 Å². The number of ether oxygens (including phenoxy) is 1. The maximum atomic E-state index is 16.1. The van der Waals surface area contributed by atoms with E-state index in [9.17, 15) is 23.1 Å². The third-order valence-corrected chi connectivity index (χ3v) is 8.00. The largest absolute Gasteiger partial charge is 0.497 e. The first-order valence-electron chi connectivity index (χ1n) is 13.6. The number of nitrogens with zero attached hydrogens (tertiary/aromatic N) is 3.